The molecule has 0 saturated heterocycles. The third-order valence-corrected chi connectivity index (χ3v) is 5.58. The van der Waals surface area contributed by atoms with Gasteiger partial charge in [-0.3, -0.25) is 9.59 Å². The summed E-state index contributed by atoms with van der Waals surface area (Å²) in [5.41, 5.74) is 1.27. The lowest BCUT2D eigenvalue weighted by Crippen LogP contribution is -2.28. The Morgan fingerprint density at radius 2 is 1.96 bits per heavy atom. The Bertz CT molecular complexity index is 1330. The highest BCUT2D eigenvalue weighted by Crippen LogP contribution is 2.13. The summed E-state index contributed by atoms with van der Waals surface area (Å²) < 4.78 is 7.73. The predicted molar refractivity (Wildman–Crippen MR) is 112 cm³/mol. The monoisotopic (exact) mass is 455 g/mol. The Labute approximate surface area is 171 Å². The molecular formula is C20H14BrN3O3S. The van der Waals surface area contributed by atoms with Gasteiger partial charge in [0.2, 0.25) is 4.96 Å². The highest BCUT2D eigenvalue weighted by atomic mass is 79.9. The summed E-state index contributed by atoms with van der Waals surface area (Å²) in [5.74, 6) is 0.731. The molecule has 0 atom stereocenters. The smallest absolute Gasteiger partial charge is 0.296 e. The van der Waals surface area contributed by atoms with E-state index in [0.29, 0.717) is 11.0 Å². The number of rotatable bonds is 4. The molecule has 0 aliphatic carbocycles. The van der Waals surface area contributed by atoms with Crippen molar-refractivity contribution in [2.45, 2.75) is 6.42 Å². The van der Waals surface area contributed by atoms with Crippen LogP contribution in [0.1, 0.15) is 16.8 Å². The van der Waals surface area contributed by atoms with Gasteiger partial charge in [0.15, 0.2) is 0 Å². The first-order valence-corrected chi connectivity index (χ1v) is 9.97. The summed E-state index contributed by atoms with van der Waals surface area (Å²) in [6.45, 7) is 0. The second-order valence-electron chi connectivity index (χ2n) is 6.05. The van der Waals surface area contributed by atoms with Gasteiger partial charge in [-0.05, 0) is 41.5 Å². The maximum absolute atomic E-state index is 12.7. The average molecular weight is 456 g/mol. The molecule has 0 N–H and O–H groups in total. The molecule has 0 spiro atoms. The van der Waals surface area contributed by atoms with E-state index in [2.05, 4.69) is 26.0 Å². The standard InChI is InChI=1S/C20H14BrN3O3S/c1-27-15-7-5-12(6-8-15)10-16-18(25)22-20-24(23-16)19(26)17(28-20)11-13-3-2-4-14(21)9-13/h2-9,11H,10H2,1H3. The Hall–Kier alpha value is -2.84. The molecule has 2 aromatic carbocycles. The van der Waals surface area contributed by atoms with Crippen LogP contribution in [-0.2, 0) is 6.42 Å². The molecule has 0 aliphatic rings. The molecule has 4 aromatic rings. The number of nitrogens with zero attached hydrogens (tertiary/aromatic N) is 3. The average Bonchev–Trinajstić information content (AvgIpc) is 2.97. The molecule has 6 nitrogen and oxygen atoms in total. The molecule has 140 valence electrons. The minimum atomic E-state index is -0.425. The van der Waals surface area contributed by atoms with Gasteiger partial charge in [-0.1, -0.05) is 51.5 Å². The van der Waals surface area contributed by atoms with E-state index in [1.807, 2.05) is 48.5 Å². The van der Waals surface area contributed by atoms with Crippen molar-refractivity contribution >= 4 is 38.3 Å². The van der Waals surface area contributed by atoms with Crippen LogP contribution in [0.4, 0.5) is 0 Å². The van der Waals surface area contributed by atoms with Gasteiger partial charge in [0.25, 0.3) is 11.1 Å². The molecule has 0 fully saturated rings. The molecule has 0 amide bonds. The molecule has 0 radical (unpaired) electrons. The van der Waals surface area contributed by atoms with E-state index in [1.165, 1.54) is 4.52 Å². The first kappa shape index (κ1) is 18.5. The van der Waals surface area contributed by atoms with E-state index >= 15 is 0 Å². The molecule has 0 aliphatic heterocycles. The molecule has 0 unspecified atom stereocenters. The van der Waals surface area contributed by atoms with Crippen LogP contribution in [0.25, 0.3) is 11.0 Å². The van der Waals surface area contributed by atoms with Crippen molar-refractivity contribution in [2.75, 3.05) is 7.11 Å². The van der Waals surface area contributed by atoms with E-state index in [-0.39, 0.29) is 16.2 Å². The summed E-state index contributed by atoms with van der Waals surface area (Å²) >= 11 is 4.56. The highest BCUT2D eigenvalue weighted by molar-refractivity contribution is 9.10. The Kier molecular flexibility index (Phi) is 5.06. The van der Waals surface area contributed by atoms with Crippen LogP contribution in [0.2, 0.25) is 0 Å². The molecule has 4 rings (SSSR count). The van der Waals surface area contributed by atoms with Crippen molar-refractivity contribution in [3.8, 4) is 5.75 Å². The van der Waals surface area contributed by atoms with Crippen molar-refractivity contribution in [3.05, 3.63) is 95.1 Å². The van der Waals surface area contributed by atoms with Gasteiger partial charge in [0, 0.05) is 10.9 Å². The zero-order valence-corrected chi connectivity index (χ0v) is 17.2. The van der Waals surface area contributed by atoms with E-state index in [9.17, 15) is 9.59 Å². The summed E-state index contributed by atoms with van der Waals surface area (Å²) in [7, 11) is 1.59. The quantitative estimate of drug-likeness (QED) is 0.472. The SMILES string of the molecule is COc1ccc(Cc2nn3c(=O)c(=Cc4cccc(Br)c4)sc3nc2=O)cc1. The van der Waals surface area contributed by atoms with Crippen LogP contribution in [0.3, 0.4) is 0 Å². The number of hydrogen-bond donors (Lipinski definition) is 0. The number of halogens is 1. The van der Waals surface area contributed by atoms with E-state index in [4.69, 9.17) is 4.74 Å². The molecule has 0 bridgehead atoms. The number of aromatic nitrogens is 3. The maximum Gasteiger partial charge on any atom is 0.296 e. The fourth-order valence-corrected chi connectivity index (χ4v) is 4.06. The van der Waals surface area contributed by atoms with Crippen molar-refractivity contribution in [2.24, 2.45) is 0 Å². The highest BCUT2D eigenvalue weighted by Gasteiger charge is 2.12. The largest absolute Gasteiger partial charge is 0.497 e. The molecule has 28 heavy (non-hydrogen) atoms. The summed E-state index contributed by atoms with van der Waals surface area (Å²) in [6, 6.07) is 14.9. The van der Waals surface area contributed by atoms with Crippen molar-refractivity contribution in [1.82, 2.24) is 14.6 Å². The van der Waals surface area contributed by atoms with E-state index in [1.54, 1.807) is 13.2 Å². The third-order valence-electron chi connectivity index (χ3n) is 4.13. The lowest BCUT2D eigenvalue weighted by Gasteiger charge is -2.02. The Balaban J connectivity index is 1.76. The van der Waals surface area contributed by atoms with Gasteiger partial charge in [0.1, 0.15) is 11.4 Å². The van der Waals surface area contributed by atoms with Crippen LogP contribution in [-0.4, -0.2) is 21.7 Å². The summed E-state index contributed by atoms with van der Waals surface area (Å²) in [6.07, 6.45) is 2.06. The van der Waals surface area contributed by atoms with Gasteiger partial charge < -0.3 is 4.74 Å². The third kappa shape index (κ3) is 3.74. The fourth-order valence-electron chi connectivity index (χ4n) is 2.74. The summed E-state index contributed by atoms with van der Waals surface area (Å²) in [5, 5.41) is 4.27. The Morgan fingerprint density at radius 3 is 2.68 bits per heavy atom. The van der Waals surface area contributed by atoms with Crippen LogP contribution in [0.15, 0.2) is 62.6 Å². The normalized spacial score (nSPS) is 11.9. The van der Waals surface area contributed by atoms with Crippen LogP contribution in [0, 0.1) is 0 Å². The first-order valence-electron chi connectivity index (χ1n) is 8.36. The lowest BCUT2D eigenvalue weighted by atomic mass is 10.1. The van der Waals surface area contributed by atoms with Crippen molar-refractivity contribution in [3.63, 3.8) is 0 Å². The zero-order valence-electron chi connectivity index (χ0n) is 14.8. The van der Waals surface area contributed by atoms with Crippen LogP contribution < -0.4 is 20.4 Å². The maximum atomic E-state index is 12.7. The van der Waals surface area contributed by atoms with E-state index in [0.717, 1.165) is 32.7 Å². The minimum Gasteiger partial charge on any atom is -0.497 e. The van der Waals surface area contributed by atoms with Crippen molar-refractivity contribution < 1.29 is 4.74 Å². The van der Waals surface area contributed by atoms with E-state index < -0.39 is 5.56 Å². The molecular weight excluding hydrogens is 442 g/mol. The first-order chi connectivity index (χ1) is 13.5. The number of hydrogen-bond acceptors (Lipinski definition) is 6. The van der Waals surface area contributed by atoms with Gasteiger partial charge in [-0.2, -0.15) is 14.6 Å². The fraction of sp³-hybridized carbons (Fsp3) is 0.100. The van der Waals surface area contributed by atoms with Gasteiger partial charge in [0.05, 0.1) is 11.6 Å². The van der Waals surface area contributed by atoms with Crippen molar-refractivity contribution in [1.29, 1.82) is 0 Å². The second-order valence-corrected chi connectivity index (χ2v) is 7.98. The van der Waals surface area contributed by atoms with Gasteiger partial charge >= 0.3 is 0 Å². The number of fused-ring (bicyclic) bond motifs is 1. The number of benzene rings is 2. The minimum absolute atomic E-state index is 0.228. The predicted octanol–water partition coefficient (Wildman–Crippen LogP) is 2.42. The van der Waals surface area contributed by atoms with Crippen LogP contribution in [0.5, 0.6) is 5.75 Å². The zero-order chi connectivity index (χ0) is 19.7. The van der Waals surface area contributed by atoms with Crippen LogP contribution >= 0.6 is 27.3 Å². The van der Waals surface area contributed by atoms with Gasteiger partial charge in [-0.25, -0.2) is 0 Å². The number of methoxy groups -OCH3 is 1. The van der Waals surface area contributed by atoms with Gasteiger partial charge in [-0.15, -0.1) is 0 Å². The molecule has 8 heteroatoms. The second kappa shape index (κ2) is 7.65. The lowest BCUT2D eigenvalue weighted by molar-refractivity contribution is 0.414. The number of ether oxygens (including phenoxy) is 1. The molecule has 2 aromatic heterocycles. The Morgan fingerprint density at radius 1 is 1.18 bits per heavy atom. The molecule has 2 heterocycles. The number of thiazole rings is 1. The topological polar surface area (TPSA) is 73.6 Å². The summed E-state index contributed by atoms with van der Waals surface area (Å²) in [4.78, 5) is 29.4. The molecule has 0 saturated carbocycles.